The number of hydrogen-bond acceptors (Lipinski definition) is 5. The maximum Gasteiger partial charge on any atom is 0.417 e. The van der Waals surface area contributed by atoms with Gasteiger partial charge in [-0.1, -0.05) is 0 Å². The van der Waals surface area contributed by atoms with Gasteiger partial charge in [0.1, 0.15) is 11.3 Å². The van der Waals surface area contributed by atoms with Crippen LogP contribution in [-0.4, -0.2) is 46.4 Å². The monoisotopic (exact) mass is 434 g/mol. The number of ether oxygens (including phenoxy) is 1. The number of amides is 4. The summed E-state index contributed by atoms with van der Waals surface area (Å²) in [7, 11) is 0. The highest BCUT2D eigenvalue weighted by atomic mass is 19.4. The van der Waals surface area contributed by atoms with Gasteiger partial charge in [-0.3, -0.25) is 14.9 Å². The number of nitrogens with one attached hydrogen (secondary N) is 2. The van der Waals surface area contributed by atoms with Crippen molar-refractivity contribution >= 4 is 17.8 Å². The van der Waals surface area contributed by atoms with E-state index in [-0.39, 0.29) is 17.7 Å². The normalized spacial score (nSPS) is 18.0. The average molecular weight is 434 g/mol. The van der Waals surface area contributed by atoms with Gasteiger partial charge in [0, 0.05) is 30.9 Å². The maximum atomic E-state index is 12.7. The Morgan fingerprint density at radius 2 is 1.74 bits per heavy atom. The van der Waals surface area contributed by atoms with E-state index in [4.69, 9.17) is 4.74 Å². The molecule has 1 aromatic carbocycles. The van der Waals surface area contributed by atoms with Crippen LogP contribution < -0.4 is 15.4 Å². The van der Waals surface area contributed by atoms with Crippen molar-refractivity contribution in [1.82, 2.24) is 20.5 Å². The number of carbonyl (C=O) groups excluding carboxylic acids is 3. The minimum absolute atomic E-state index is 0.00899. The number of urea groups is 1. The number of nitrogens with zero attached hydrogens (tertiary/aromatic N) is 2. The topological polar surface area (TPSA) is 101 Å². The number of likely N-dealkylation sites (tertiary alicyclic amines) is 1. The van der Waals surface area contributed by atoms with Crippen LogP contribution in [0, 0.1) is 0 Å². The number of carbonyl (C=O) groups is 3. The van der Waals surface area contributed by atoms with Crippen molar-refractivity contribution in [3.63, 3.8) is 0 Å². The minimum atomic E-state index is -4.48. The van der Waals surface area contributed by atoms with Gasteiger partial charge >= 0.3 is 12.2 Å². The molecule has 2 aromatic rings. The third-order valence-electron chi connectivity index (χ3n) is 5.31. The number of benzene rings is 1. The van der Waals surface area contributed by atoms with Gasteiger partial charge in [-0.2, -0.15) is 13.2 Å². The first kappa shape index (κ1) is 20.6. The van der Waals surface area contributed by atoms with Crippen molar-refractivity contribution < 1.29 is 32.3 Å². The molecular formula is C20H17F3N4O4. The van der Waals surface area contributed by atoms with Gasteiger partial charge in [-0.25, -0.2) is 9.78 Å². The molecule has 11 heteroatoms. The van der Waals surface area contributed by atoms with E-state index in [1.54, 1.807) is 4.90 Å². The molecule has 2 aliphatic heterocycles. The van der Waals surface area contributed by atoms with E-state index in [2.05, 4.69) is 15.6 Å². The van der Waals surface area contributed by atoms with Crippen molar-refractivity contribution in [3.8, 4) is 11.6 Å². The van der Waals surface area contributed by atoms with Crippen LogP contribution in [0.4, 0.5) is 18.0 Å². The number of imide groups is 1. The number of hydrogen-bond donors (Lipinski definition) is 2. The Kier molecular flexibility index (Phi) is 5.03. The van der Waals surface area contributed by atoms with Gasteiger partial charge in [-0.15, -0.1) is 0 Å². The third kappa shape index (κ3) is 4.16. The molecular weight excluding hydrogens is 417 g/mol. The van der Waals surface area contributed by atoms with E-state index in [0.29, 0.717) is 43.4 Å². The van der Waals surface area contributed by atoms with E-state index in [1.165, 1.54) is 24.3 Å². The molecule has 0 bridgehead atoms. The van der Waals surface area contributed by atoms with Gasteiger partial charge in [0.25, 0.3) is 11.8 Å². The van der Waals surface area contributed by atoms with Crippen molar-refractivity contribution in [2.45, 2.75) is 24.6 Å². The number of rotatable bonds is 3. The average Bonchev–Trinajstić information content (AvgIpc) is 3.01. The van der Waals surface area contributed by atoms with Crippen LogP contribution in [0.2, 0.25) is 0 Å². The molecule has 1 aromatic heterocycles. The summed E-state index contributed by atoms with van der Waals surface area (Å²) in [6, 6.07) is 7.57. The highest BCUT2D eigenvalue weighted by Gasteiger charge is 2.48. The Balaban J connectivity index is 1.36. The number of halogens is 3. The summed E-state index contributed by atoms with van der Waals surface area (Å²) in [5, 5.41) is 4.86. The van der Waals surface area contributed by atoms with Crippen LogP contribution in [-0.2, 0) is 11.0 Å². The fraction of sp³-hybridized carbons (Fsp3) is 0.300. The first-order chi connectivity index (χ1) is 14.7. The predicted octanol–water partition coefficient (Wildman–Crippen LogP) is 2.71. The van der Waals surface area contributed by atoms with E-state index in [1.807, 2.05) is 0 Å². The summed E-state index contributed by atoms with van der Waals surface area (Å²) in [4.78, 5) is 41.3. The standard InChI is InChI=1S/C20H17F3N4O4/c21-20(22,23)13-3-6-15(24-11-13)31-14-4-1-12(2-5-14)16(28)27-9-7-19(8-10-27)17(29)25-18(30)26-19/h1-6,11H,7-10H2,(H2,25,26,29,30). The Morgan fingerprint density at radius 3 is 2.26 bits per heavy atom. The molecule has 2 fully saturated rings. The molecule has 3 heterocycles. The lowest BCUT2D eigenvalue weighted by atomic mass is 9.87. The second kappa shape index (κ2) is 7.56. The van der Waals surface area contributed by atoms with Crippen molar-refractivity contribution in [2.75, 3.05) is 13.1 Å². The Labute approximate surface area is 174 Å². The van der Waals surface area contributed by atoms with Crippen molar-refractivity contribution in [1.29, 1.82) is 0 Å². The maximum absolute atomic E-state index is 12.7. The van der Waals surface area contributed by atoms with Gasteiger partial charge < -0.3 is 15.0 Å². The molecule has 4 rings (SSSR count). The van der Waals surface area contributed by atoms with Crippen LogP contribution in [0.3, 0.4) is 0 Å². The molecule has 4 amide bonds. The van der Waals surface area contributed by atoms with Gasteiger partial charge in [-0.05, 0) is 43.2 Å². The summed E-state index contributed by atoms with van der Waals surface area (Å²) in [6.07, 6.45) is -3.16. The molecule has 0 aliphatic carbocycles. The lowest BCUT2D eigenvalue weighted by molar-refractivity contribution is -0.137. The number of pyridine rings is 1. The molecule has 0 unspecified atom stereocenters. The number of piperidine rings is 1. The van der Waals surface area contributed by atoms with Gasteiger partial charge in [0.2, 0.25) is 5.88 Å². The first-order valence-corrected chi connectivity index (χ1v) is 9.40. The molecule has 2 saturated heterocycles. The molecule has 2 N–H and O–H groups in total. The number of aromatic nitrogens is 1. The van der Waals surface area contributed by atoms with Crippen molar-refractivity contribution in [3.05, 3.63) is 53.7 Å². The van der Waals surface area contributed by atoms with E-state index < -0.39 is 23.3 Å². The predicted molar refractivity (Wildman–Crippen MR) is 100 cm³/mol. The van der Waals surface area contributed by atoms with Gasteiger partial charge in [0.05, 0.1) is 5.56 Å². The molecule has 1 spiro atoms. The zero-order valence-electron chi connectivity index (χ0n) is 16.0. The van der Waals surface area contributed by atoms with Crippen LogP contribution in [0.15, 0.2) is 42.6 Å². The van der Waals surface area contributed by atoms with Crippen LogP contribution in [0.1, 0.15) is 28.8 Å². The summed E-state index contributed by atoms with van der Waals surface area (Å²) in [5.41, 5.74) is -1.44. The molecule has 162 valence electrons. The zero-order chi connectivity index (χ0) is 22.2. The van der Waals surface area contributed by atoms with Crippen LogP contribution >= 0.6 is 0 Å². The van der Waals surface area contributed by atoms with E-state index in [9.17, 15) is 27.6 Å². The molecule has 0 saturated carbocycles. The lowest BCUT2D eigenvalue weighted by Gasteiger charge is -2.37. The Bertz CT molecular complexity index is 1010. The first-order valence-electron chi connectivity index (χ1n) is 9.40. The molecule has 2 aliphatic rings. The fourth-order valence-electron chi connectivity index (χ4n) is 3.55. The smallest absolute Gasteiger partial charge is 0.417 e. The van der Waals surface area contributed by atoms with E-state index >= 15 is 0 Å². The summed E-state index contributed by atoms with van der Waals surface area (Å²) < 4.78 is 43.2. The summed E-state index contributed by atoms with van der Waals surface area (Å²) >= 11 is 0. The SMILES string of the molecule is O=C1NC(=O)C2(CCN(C(=O)c3ccc(Oc4ccc(C(F)(F)F)cn4)cc3)CC2)N1. The largest absolute Gasteiger partial charge is 0.439 e. The van der Waals surface area contributed by atoms with Crippen LogP contribution in [0.25, 0.3) is 0 Å². The Morgan fingerprint density at radius 1 is 1.06 bits per heavy atom. The third-order valence-corrected chi connectivity index (χ3v) is 5.31. The highest BCUT2D eigenvalue weighted by Crippen LogP contribution is 2.30. The molecule has 0 radical (unpaired) electrons. The second-order valence-corrected chi connectivity index (χ2v) is 7.29. The van der Waals surface area contributed by atoms with Gasteiger partial charge in [0.15, 0.2) is 0 Å². The summed E-state index contributed by atoms with van der Waals surface area (Å²) in [6.45, 7) is 0.612. The molecule has 8 nitrogen and oxygen atoms in total. The zero-order valence-corrected chi connectivity index (χ0v) is 16.0. The molecule has 0 atom stereocenters. The van der Waals surface area contributed by atoms with E-state index in [0.717, 1.165) is 12.1 Å². The summed E-state index contributed by atoms with van der Waals surface area (Å²) in [5.74, 6) is -0.307. The highest BCUT2D eigenvalue weighted by molar-refractivity contribution is 6.07. The number of alkyl halides is 3. The van der Waals surface area contributed by atoms with Crippen molar-refractivity contribution in [2.24, 2.45) is 0 Å². The fourth-order valence-corrected chi connectivity index (χ4v) is 3.55. The second-order valence-electron chi connectivity index (χ2n) is 7.29. The Hall–Kier alpha value is -3.63. The van der Waals surface area contributed by atoms with Crippen LogP contribution in [0.5, 0.6) is 11.6 Å². The minimum Gasteiger partial charge on any atom is -0.439 e. The quantitative estimate of drug-likeness (QED) is 0.724. The lowest BCUT2D eigenvalue weighted by Crippen LogP contribution is -2.55. The molecule has 31 heavy (non-hydrogen) atoms.